The number of sulfone groups is 1. The van der Waals surface area contributed by atoms with Gasteiger partial charge in [0, 0.05) is 35.8 Å². The van der Waals surface area contributed by atoms with Gasteiger partial charge in [0.2, 0.25) is 0 Å². The van der Waals surface area contributed by atoms with Crippen LogP contribution in [0.25, 0.3) is 0 Å². The monoisotopic (exact) mass is 408 g/mol. The maximum absolute atomic E-state index is 12.5. The third-order valence-electron chi connectivity index (χ3n) is 4.30. The molecule has 0 aliphatic rings. The molecule has 29 heavy (non-hydrogen) atoms. The lowest BCUT2D eigenvalue weighted by Crippen LogP contribution is -2.23. The number of rotatable bonds is 7. The summed E-state index contributed by atoms with van der Waals surface area (Å²) in [6.45, 7) is 0.397. The van der Waals surface area contributed by atoms with Gasteiger partial charge in [-0.15, -0.1) is 0 Å². The predicted molar refractivity (Wildman–Crippen MR) is 109 cm³/mol. The molecule has 2 aromatic carbocycles. The first kappa shape index (κ1) is 20.4. The van der Waals surface area contributed by atoms with Crippen LogP contribution in [0, 0.1) is 0 Å². The highest BCUT2D eigenvalue weighted by Crippen LogP contribution is 2.14. The maximum Gasteiger partial charge on any atom is 0.251 e. The van der Waals surface area contributed by atoms with Crippen molar-refractivity contribution in [3.63, 3.8) is 0 Å². The van der Waals surface area contributed by atoms with Crippen LogP contribution in [0.15, 0.2) is 77.8 Å². The van der Waals surface area contributed by atoms with Crippen LogP contribution < -0.4 is 5.32 Å². The van der Waals surface area contributed by atoms with Crippen molar-refractivity contribution in [1.29, 1.82) is 0 Å². The van der Waals surface area contributed by atoms with E-state index in [9.17, 15) is 18.0 Å². The first-order chi connectivity index (χ1) is 13.8. The van der Waals surface area contributed by atoms with Crippen molar-refractivity contribution in [1.82, 2.24) is 10.3 Å². The van der Waals surface area contributed by atoms with Crippen molar-refractivity contribution < 1.29 is 18.0 Å². The molecule has 0 saturated carbocycles. The fourth-order valence-corrected chi connectivity index (χ4v) is 3.43. The Morgan fingerprint density at radius 2 is 1.69 bits per heavy atom. The first-order valence-electron chi connectivity index (χ1n) is 8.93. The Labute approximate surface area is 169 Å². The average Bonchev–Trinajstić information content (AvgIpc) is 2.72. The minimum absolute atomic E-state index is 0.0347. The Bertz CT molecular complexity index is 1140. The number of benzene rings is 2. The van der Waals surface area contributed by atoms with E-state index >= 15 is 0 Å². The van der Waals surface area contributed by atoms with Crippen molar-refractivity contribution in [3.8, 4) is 0 Å². The topological polar surface area (TPSA) is 93.2 Å². The molecule has 0 aliphatic heterocycles. The largest absolute Gasteiger partial charge is 0.348 e. The zero-order valence-corrected chi connectivity index (χ0v) is 16.6. The van der Waals surface area contributed by atoms with Crippen LogP contribution in [-0.2, 0) is 22.8 Å². The minimum Gasteiger partial charge on any atom is -0.348 e. The van der Waals surface area contributed by atoms with Crippen LogP contribution in [0.4, 0.5) is 0 Å². The second kappa shape index (κ2) is 8.79. The van der Waals surface area contributed by atoms with Crippen LogP contribution in [0.1, 0.15) is 32.0 Å². The summed E-state index contributed by atoms with van der Waals surface area (Å²) >= 11 is 0. The van der Waals surface area contributed by atoms with E-state index in [2.05, 4.69) is 10.3 Å². The van der Waals surface area contributed by atoms with E-state index in [0.717, 1.165) is 11.8 Å². The molecule has 1 amide bonds. The molecule has 0 aliphatic carbocycles. The highest BCUT2D eigenvalue weighted by atomic mass is 32.2. The average molecular weight is 408 g/mol. The summed E-state index contributed by atoms with van der Waals surface area (Å²) in [5.74, 6) is -0.533. The van der Waals surface area contributed by atoms with Crippen LogP contribution in [0.2, 0.25) is 0 Å². The van der Waals surface area contributed by atoms with Crippen LogP contribution in [0.5, 0.6) is 0 Å². The second-order valence-corrected chi connectivity index (χ2v) is 8.62. The van der Waals surface area contributed by atoms with E-state index in [-0.39, 0.29) is 28.6 Å². The van der Waals surface area contributed by atoms with Gasteiger partial charge in [-0.05, 0) is 29.8 Å². The third-order valence-corrected chi connectivity index (χ3v) is 5.41. The Hall–Kier alpha value is -3.32. The molecule has 0 spiro atoms. The van der Waals surface area contributed by atoms with E-state index in [1.165, 1.54) is 24.4 Å². The lowest BCUT2D eigenvalue weighted by Gasteiger charge is -2.07. The molecule has 1 N–H and O–H groups in total. The Morgan fingerprint density at radius 1 is 0.931 bits per heavy atom. The van der Waals surface area contributed by atoms with Gasteiger partial charge < -0.3 is 5.32 Å². The predicted octanol–water partition coefficient (Wildman–Crippen LogP) is 2.84. The molecule has 0 atom stereocenters. The number of pyridine rings is 1. The second-order valence-electron chi connectivity index (χ2n) is 6.60. The van der Waals surface area contributed by atoms with Gasteiger partial charge in [-0.3, -0.25) is 14.6 Å². The van der Waals surface area contributed by atoms with Crippen molar-refractivity contribution >= 4 is 21.5 Å². The number of nitrogens with one attached hydrogen (secondary N) is 1. The summed E-state index contributed by atoms with van der Waals surface area (Å²) in [7, 11) is -3.40. The summed E-state index contributed by atoms with van der Waals surface area (Å²) in [5.41, 5.74) is 2.11. The van der Waals surface area contributed by atoms with Gasteiger partial charge in [-0.25, -0.2) is 8.42 Å². The first-order valence-corrected chi connectivity index (χ1v) is 10.8. The van der Waals surface area contributed by atoms with E-state index < -0.39 is 9.84 Å². The SMILES string of the molecule is CS(=O)(=O)c1cccc(C(=O)Cc2cc(C(=O)NCc3ccccc3)ccn2)c1. The van der Waals surface area contributed by atoms with Gasteiger partial charge in [0.25, 0.3) is 5.91 Å². The number of hydrogen-bond donors (Lipinski definition) is 1. The number of nitrogens with zero attached hydrogens (tertiary/aromatic N) is 1. The summed E-state index contributed by atoms with van der Waals surface area (Å²) < 4.78 is 23.4. The van der Waals surface area contributed by atoms with Gasteiger partial charge in [-0.1, -0.05) is 42.5 Å². The number of carbonyl (C=O) groups excluding carboxylic acids is 2. The quantitative estimate of drug-likeness (QED) is 0.607. The molecule has 3 aromatic rings. The Morgan fingerprint density at radius 3 is 2.41 bits per heavy atom. The normalized spacial score (nSPS) is 11.1. The molecule has 0 saturated heterocycles. The highest BCUT2D eigenvalue weighted by molar-refractivity contribution is 7.90. The standard InChI is InChI=1S/C22H20N2O4S/c1-29(27,28)20-9-5-8-17(13-20)21(25)14-19-12-18(10-11-23-19)22(26)24-15-16-6-3-2-4-7-16/h2-13H,14-15H2,1H3,(H,24,26). The van der Waals surface area contributed by atoms with Gasteiger partial charge in [-0.2, -0.15) is 0 Å². The smallest absolute Gasteiger partial charge is 0.251 e. The summed E-state index contributed by atoms with van der Waals surface area (Å²) in [6, 6.07) is 18.6. The van der Waals surface area contributed by atoms with Crippen molar-refractivity contribution in [2.24, 2.45) is 0 Å². The summed E-state index contributed by atoms with van der Waals surface area (Å²) in [5, 5.41) is 2.83. The molecule has 0 unspecified atom stereocenters. The van der Waals surface area contributed by atoms with E-state index in [0.29, 0.717) is 17.8 Å². The minimum atomic E-state index is -3.40. The number of amides is 1. The number of ketones is 1. The molecular weight excluding hydrogens is 388 g/mol. The van der Waals surface area contributed by atoms with Crippen molar-refractivity contribution in [2.75, 3.05) is 6.26 Å². The lowest BCUT2D eigenvalue weighted by atomic mass is 10.1. The Kier molecular flexibility index (Phi) is 6.19. The maximum atomic E-state index is 12.5. The van der Waals surface area contributed by atoms with Gasteiger partial charge in [0.15, 0.2) is 15.6 Å². The molecule has 3 rings (SSSR count). The molecule has 1 aromatic heterocycles. The molecule has 0 fully saturated rings. The highest BCUT2D eigenvalue weighted by Gasteiger charge is 2.14. The van der Waals surface area contributed by atoms with Gasteiger partial charge >= 0.3 is 0 Å². The number of carbonyl (C=O) groups is 2. The summed E-state index contributed by atoms with van der Waals surface area (Å²) in [4.78, 5) is 29.2. The summed E-state index contributed by atoms with van der Waals surface area (Å²) in [6.07, 6.45) is 2.54. The lowest BCUT2D eigenvalue weighted by molar-refractivity contribution is 0.0947. The molecule has 1 heterocycles. The van der Waals surface area contributed by atoms with Crippen LogP contribution in [0.3, 0.4) is 0 Å². The fourth-order valence-electron chi connectivity index (χ4n) is 2.76. The van der Waals surface area contributed by atoms with Gasteiger partial charge in [0.05, 0.1) is 11.3 Å². The molecular formula is C22H20N2O4S. The van der Waals surface area contributed by atoms with E-state index in [1.54, 1.807) is 18.2 Å². The van der Waals surface area contributed by atoms with Crippen molar-refractivity contribution in [3.05, 3.63) is 95.3 Å². The molecule has 7 heteroatoms. The Balaban J connectivity index is 1.69. The van der Waals surface area contributed by atoms with Gasteiger partial charge in [0.1, 0.15) is 0 Å². The molecule has 6 nitrogen and oxygen atoms in total. The zero-order valence-electron chi connectivity index (χ0n) is 15.8. The van der Waals surface area contributed by atoms with Crippen molar-refractivity contribution in [2.45, 2.75) is 17.9 Å². The number of Topliss-reactive ketones (excluding diaryl/α,β-unsaturated/α-hetero) is 1. The fraction of sp³-hybridized carbons (Fsp3) is 0.136. The zero-order chi connectivity index (χ0) is 20.9. The molecule has 0 radical (unpaired) electrons. The molecule has 0 bridgehead atoms. The molecule has 148 valence electrons. The van der Waals surface area contributed by atoms with E-state index in [4.69, 9.17) is 0 Å². The van der Waals surface area contributed by atoms with E-state index in [1.807, 2.05) is 30.3 Å². The number of aromatic nitrogens is 1. The third kappa shape index (κ3) is 5.58. The number of hydrogen-bond acceptors (Lipinski definition) is 5. The van der Waals surface area contributed by atoms with Crippen LogP contribution >= 0.6 is 0 Å². The van der Waals surface area contributed by atoms with Crippen LogP contribution in [-0.4, -0.2) is 31.3 Å².